The first kappa shape index (κ1) is 28.2. The van der Waals surface area contributed by atoms with Crippen LogP contribution in [0.25, 0.3) is 21.7 Å². The van der Waals surface area contributed by atoms with Crippen molar-refractivity contribution in [2.75, 3.05) is 13.2 Å². The van der Waals surface area contributed by atoms with Gasteiger partial charge < -0.3 is 19.7 Å². The summed E-state index contributed by atoms with van der Waals surface area (Å²) >= 11 is 0. The second kappa shape index (κ2) is 10.2. The average molecular weight is 536 g/mol. The molecule has 2 N–H and O–H groups in total. The first-order chi connectivity index (χ1) is 17.1. The summed E-state index contributed by atoms with van der Waals surface area (Å²) in [5.74, 6) is -1.81. The van der Waals surface area contributed by atoms with Crippen LogP contribution in [-0.2, 0) is 16.9 Å². The lowest BCUT2D eigenvalue weighted by Gasteiger charge is -2.33. The number of aromatic nitrogens is 1. The number of carbonyl (C=O) groups is 1. The van der Waals surface area contributed by atoms with Crippen molar-refractivity contribution in [1.82, 2.24) is 9.88 Å². The van der Waals surface area contributed by atoms with Crippen molar-refractivity contribution < 1.29 is 45.4 Å². The maximum absolute atomic E-state index is 14.8. The molecule has 0 saturated carbocycles. The Morgan fingerprint density at radius 3 is 2.24 bits per heavy atom. The number of amides is 1. The van der Waals surface area contributed by atoms with Crippen LogP contribution < -0.4 is 15.6 Å². The number of rotatable bonds is 8. The molecule has 6 nitrogen and oxygen atoms in total. The quantitative estimate of drug-likeness (QED) is 0.243. The number of carbonyl (C=O) groups excluding carboxylic acids is 1. The molecule has 202 valence electrons. The summed E-state index contributed by atoms with van der Waals surface area (Å²) in [7, 11) is 0. The standard InChI is InChI=1S/C24H23F7N2O4/c1-3-4-8-33-19-6-5-14(22(36,23(26,27)28)24(29,30)31)10-16(19)15-12-20(37-9-7-32-13(2)34)18(25)11-17(15)21(33)35/h5-6,10-12,36H,3-4,7-9H2,1-2H3,(H,32,34). The van der Waals surface area contributed by atoms with E-state index in [-0.39, 0.29) is 47.3 Å². The van der Waals surface area contributed by atoms with Crippen LogP contribution in [0.3, 0.4) is 0 Å². The molecule has 1 amide bonds. The highest BCUT2D eigenvalue weighted by molar-refractivity contribution is 6.06. The van der Waals surface area contributed by atoms with Crippen molar-refractivity contribution in [3.05, 3.63) is 52.1 Å². The third-order valence-electron chi connectivity index (χ3n) is 5.83. The molecule has 2 aromatic carbocycles. The molecular formula is C24H23F7N2O4. The fourth-order valence-corrected chi connectivity index (χ4v) is 3.95. The Hall–Kier alpha value is -3.35. The lowest BCUT2D eigenvalue weighted by atomic mass is 9.90. The van der Waals surface area contributed by atoms with E-state index >= 15 is 0 Å². The van der Waals surface area contributed by atoms with Crippen LogP contribution >= 0.6 is 0 Å². The summed E-state index contributed by atoms with van der Waals surface area (Å²) in [6.45, 7) is 2.90. The Balaban J connectivity index is 2.33. The number of nitrogens with one attached hydrogen (secondary N) is 1. The second-order valence-corrected chi connectivity index (χ2v) is 8.41. The molecule has 0 saturated heterocycles. The van der Waals surface area contributed by atoms with Gasteiger partial charge in [-0.1, -0.05) is 19.4 Å². The van der Waals surface area contributed by atoms with Crippen molar-refractivity contribution in [2.45, 2.75) is 51.2 Å². The zero-order valence-corrected chi connectivity index (χ0v) is 19.7. The van der Waals surface area contributed by atoms with Gasteiger partial charge in [0, 0.05) is 29.8 Å². The first-order valence-corrected chi connectivity index (χ1v) is 11.2. The van der Waals surface area contributed by atoms with Crippen LogP contribution in [0.15, 0.2) is 35.1 Å². The fraction of sp³-hybridized carbons (Fsp3) is 0.417. The van der Waals surface area contributed by atoms with Crippen LogP contribution in [0.4, 0.5) is 30.7 Å². The van der Waals surface area contributed by atoms with E-state index in [9.17, 15) is 45.4 Å². The second-order valence-electron chi connectivity index (χ2n) is 8.41. The van der Waals surface area contributed by atoms with Crippen molar-refractivity contribution in [3.63, 3.8) is 0 Å². The molecule has 13 heteroatoms. The first-order valence-electron chi connectivity index (χ1n) is 11.2. The number of unbranched alkanes of at least 4 members (excludes halogenated alkanes) is 1. The van der Waals surface area contributed by atoms with Gasteiger partial charge >= 0.3 is 12.4 Å². The van der Waals surface area contributed by atoms with Crippen LogP contribution in [0.5, 0.6) is 5.75 Å². The SMILES string of the molecule is CCCCn1c(=O)c2cc(F)c(OCCNC(C)=O)cc2c2cc(C(O)(C(F)(F)F)C(F)(F)F)ccc21. The van der Waals surface area contributed by atoms with E-state index in [1.54, 1.807) is 0 Å². The van der Waals surface area contributed by atoms with Crippen LogP contribution in [0, 0.1) is 5.82 Å². The van der Waals surface area contributed by atoms with E-state index in [0.29, 0.717) is 25.0 Å². The minimum Gasteiger partial charge on any atom is -0.489 e. The zero-order chi connectivity index (χ0) is 27.8. The summed E-state index contributed by atoms with van der Waals surface area (Å²) in [5, 5.41) is 11.6. The predicted octanol–water partition coefficient (Wildman–Crippen LogP) is 4.92. The third kappa shape index (κ3) is 5.22. The highest BCUT2D eigenvalue weighted by Gasteiger charge is 2.71. The minimum absolute atomic E-state index is 0.00259. The Bertz CT molecular complexity index is 1370. The molecular weight excluding hydrogens is 513 g/mol. The van der Waals surface area contributed by atoms with Gasteiger partial charge in [-0.25, -0.2) is 4.39 Å². The highest BCUT2D eigenvalue weighted by Crippen LogP contribution is 2.50. The number of halogens is 7. The molecule has 0 unspecified atom stereocenters. The molecule has 3 aromatic rings. The van der Waals surface area contributed by atoms with Gasteiger partial charge in [0.05, 0.1) is 17.4 Å². The number of benzene rings is 2. The summed E-state index contributed by atoms with van der Waals surface area (Å²) < 4.78 is 102. The molecule has 0 bridgehead atoms. The highest BCUT2D eigenvalue weighted by atomic mass is 19.4. The number of nitrogens with zero attached hydrogens (tertiary/aromatic N) is 1. The molecule has 0 aliphatic heterocycles. The summed E-state index contributed by atoms with van der Waals surface area (Å²) in [6, 6.07) is 3.64. The number of pyridine rings is 1. The predicted molar refractivity (Wildman–Crippen MR) is 121 cm³/mol. The number of aryl methyl sites for hydroxylation is 1. The van der Waals surface area contributed by atoms with Crippen molar-refractivity contribution in [3.8, 4) is 5.75 Å². The van der Waals surface area contributed by atoms with E-state index in [1.165, 1.54) is 6.92 Å². The van der Waals surface area contributed by atoms with E-state index in [0.717, 1.165) is 22.8 Å². The molecule has 3 rings (SSSR count). The maximum atomic E-state index is 14.8. The van der Waals surface area contributed by atoms with E-state index in [2.05, 4.69) is 5.32 Å². The van der Waals surface area contributed by atoms with Gasteiger partial charge in [-0.15, -0.1) is 0 Å². The number of hydrogen-bond acceptors (Lipinski definition) is 4. The van der Waals surface area contributed by atoms with Gasteiger partial charge in [0.1, 0.15) is 6.61 Å². The summed E-state index contributed by atoms with van der Waals surface area (Å²) in [4.78, 5) is 24.1. The van der Waals surface area contributed by atoms with Crippen molar-refractivity contribution in [2.24, 2.45) is 0 Å². The lowest BCUT2D eigenvalue weighted by Crippen LogP contribution is -2.53. The third-order valence-corrected chi connectivity index (χ3v) is 5.83. The van der Waals surface area contributed by atoms with Crippen LogP contribution in [-0.4, -0.2) is 41.1 Å². The topological polar surface area (TPSA) is 80.6 Å². The zero-order valence-electron chi connectivity index (χ0n) is 19.7. The number of aliphatic hydroxyl groups is 1. The molecule has 0 spiro atoms. The van der Waals surface area contributed by atoms with E-state index in [1.807, 2.05) is 6.92 Å². The molecule has 0 radical (unpaired) electrons. The Kier molecular flexibility index (Phi) is 7.77. The molecule has 37 heavy (non-hydrogen) atoms. The molecule has 0 atom stereocenters. The van der Waals surface area contributed by atoms with E-state index < -0.39 is 40.6 Å². The Morgan fingerprint density at radius 1 is 1.03 bits per heavy atom. The van der Waals surface area contributed by atoms with Gasteiger partial charge in [0.25, 0.3) is 11.2 Å². The fourth-order valence-electron chi connectivity index (χ4n) is 3.95. The number of ether oxygens (including phenoxy) is 1. The van der Waals surface area contributed by atoms with Crippen LogP contribution in [0.2, 0.25) is 0 Å². The summed E-state index contributed by atoms with van der Waals surface area (Å²) in [5.41, 5.74) is -7.41. The molecule has 1 aromatic heterocycles. The molecule has 0 aliphatic rings. The van der Waals surface area contributed by atoms with Gasteiger partial charge in [-0.05, 0) is 30.7 Å². The van der Waals surface area contributed by atoms with E-state index in [4.69, 9.17) is 4.74 Å². The Labute approximate surface area is 205 Å². The normalized spacial score (nSPS) is 12.8. The maximum Gasteiger partial charge on any atom is 0.430 e. The van der Waals surface area contributed by atoms with Gasteiger partial charge in [-0.2, -0.15) is 26.3 Å². The molecule has 0 aliphatic carbocycles. The number of fused-ring (bicyclic) bond motifs is 3. The average Bonchev–Trinajstić information content (AvgIpc) is 2.80. The Morgan fingerprint density at radius 2 is 1.68 bits per heavy atom. The largest absolute Gasteiger partial charge is 0.489 e. The molecule has 0 fully saturated rings. The van der Waals surface area contributed by atoms with Crippen molar-refractivity contribution in [1.29, 1.82) is 0 Å². The monoisotopic (exact) mass is 536 g/mol. The lowest BCUT2D eigenvalue weighted by molar-refractivity contribution is -0.376. The van der Waals surface area contributed by atoms with Gasteiger partial charge in [0.2, 0.25) is 5.91 Å². The van der Waals surface area contributed by atoms with Crippen LogP contribution in [0.1, 0.15) is 32.3 Å². The number of alkyl halides is 6. The van der Waals surface area contributed by atoms with Crippen molar-refractivity contribution >= 4 is 27.6 Å². The molecule has 1 heterocycles. The van der Waals surface area contributed by atoms with Gasteiger partial charge in [0.15, 0.2) is 11.6 Å². The minimum atomic E-state index is -6.12. The number of hydrogen-bond donors (Lipinski definition) is 2. The summed E-state index contributed by atoms with van der Waals surface area (Å²) in [6.07, 6.45) is -11.2. The van der Waals surface area contributed by atoms with Gasteiger partial charge in [-0.3, -0.25) is 9.59 Å². The smallest absolute Gasteiger partial charge is 0.430 e.